The molecule has 0 bridgehead atoms. The van der Waals surface area contributed by atoms with Gasteiger partial charge in [-0.3, -0.25) is 0 Å². The lowest BCUT2D eigenvalue weighted by atomic mass is 10.2. The standard InChI is InChI=1S/C12H14N2S/c1-11-2-4-12(5-3-11)15-9-8-14-7-6-13-10-14/h2-7,10H,8-9H2,1H3. The predicted octanol–water partition coefficient (Wildman–Crippen LogP) is 2.98. The number of hydrogen-bond donors (Lipinski definition) is 0. The van der Waals surface area contributed by atoms with Crippen molar-refractivity contribution >= 4 is 11.8 Å². The lowest BCUT2D eigenvalue weighted by molar-refractivity contribution is 0.770. The molecule has 15 heavy (non-hydrogen) atoms. The molecule has 1 heterocycles. The van der Waals surface area contributed by atoms with Gasteiger partial charge >= 0.3 is 0 Å². The molecule has 0 aliphatic heterocycles. The minimum Gasteiger partial charge on any atom is -0.337 e. The highest BCUT2D eigenvalue weighted by Gasteiger charge is 1.94. The summed E-state index contributed by atoms with van der Waals surface area (Å²) >= 11 is 1.88. The summed E-state index contributed by atoms with van der Waals surface area (Å²) < 4.78 is 2.10. The first kappa shape index (κ1) is 10.3. The van der Waals surface area contributed by atoms with Crippen LogP contribution in [0.25, 0.3) is 0 Å². The van der Waals surface area contributed by atoms with E-state index < -0.39 is 0 Å². The summed E-state index contributed by atoms with van der Waals surface area (Å²) in [7, 11) is 0. The second-order valence-electron chi connectivity index (χ2n) is 3.46. The van der Waals surface area contributed by atoms with Gasteiger partial charge in [-0.2, -0.15) is 0 Å². The molecular formula is C12H14N2S. The van der Waals surface area contributed by atoms with Crippen LogP contribution >= 0.6 is 11.8 Å². The summed E-state index contributed by atoms with van der Waals surface area (Å²) in [5, 5.41) is 0. The average molecular weight is 218 g/mol. The van der Waals surface area contributed by atoms with Gasteiger partial charge in [0.15, 0.2) is 0 Å². The Labute approximate surface area is 94.3 Å². The molecule has 2 nitrogen and oxygen atoms in total. The van der Waals surface area contributed by atoms with Gasteiger partial charge in [-0.15, -0.1) is 11.8 Å². The fourth-order valence-electron chi connectivity index (χ4n) is 1.32. The molecule has 78 valence electrons. The highest BCUT2D eigenvalue weighted by molar-refractivity contribution is 7.99. The minimum absolute atomic E-state index is 1.01. The third-order valence-electron chi connectivity index (χ3n) is 2.20. The third-order valence-corrected chi connectivity index (χ3v) is 3.19. The zero-order chi connectivity index (χ0) is 10.5. The van der Waals surface area contributed by atoms with Gasteiger partial charge in [-0.05, 0) is 19.1 Å². The van der Waals surface area contributed by atoms with Crippen LogP contribution in [-0.2, 0) is 6.54 Å². The second-order valence-corrected chi connectivity index (χ2v) is 4.63. The zero-order valence-electron chi connectivity index (χ0n) is 8.76. The average Bonchev–Trinajstić information content (AvgIpc) is 2.74. The molecule has 0 saturated heterocycles. The minimum atomic E-state index is 1.01. The fraction of sp³-hybridized carbons (Fsp3) is 0.250. The van der Waals surface area contributed by atoms with Crippen LogP contribution in [0.5, 0.6) is 0 Å². The molecule has 3 heteroatoms. The van der Waals surface area contributed by atoms with Gasteiger partial charge in [0, 0.05) is 29.6 Å². The Kier molecular flexibility index (Phi) is 3.45. The van der Waals surface area contributed by atoms with E-state index in [-0.39, 0.29) is 0 Å². The molecule has 0 amide bonds. The number of benzene rings is 1. The topological polar surface area (TPSA) is 17.8 Å². The van der Waals surface area contributed by atoms with Gasteiger partial charge in [-0.1, -0.05) is 17.7 Å². The number of rotatable bonds is 4. The number of aryl methyl sites for hydroxylation is 2. The van der Waals surface area contributed by atoms with Crippen molar-refractivity contribution in [3.63, 3.8) is 0 Å². The Morgan fingerprint density at radius 1 is 1.27 bits per heavy atom. The molecule has 0 aliphatic carbocycles. The van der Waals surface area contributed by atoms with Crippen molar-refractivity contribution in [3.05, 3.63) is 48.5 Å². The second kappa shape index (κ2) is 5.03. The molecule has 1 aromatic heterocycles. The first-order valence-corrected chi connectivity index (χ1v) is 5.98. The molecule has 0 saturated carbocycles. The quantitative estimate of drug-likeness (QED) is 0.734. The van der Waals surface area contributed by atoms with E-state index in [1.54, 1.807) is 0 Å². The first-order valence-electron chi connectivity index (χ1n) is 5.00. The number of thioether (sulfide) groups is 1. The Bertz CT molecular complexity index is 392. The van der Waals surface area contributed by atoms with E-state index in [9.17, 15) is 0 Å². The van der Waals surface area contributed by atoms with Crippen molar-refractivity contribution in [2.75, 3.05) is 5.75 Å². The number of hydrogen-bond acceptors (Lipinski definition) is 2. The van der Waals surface area contributed by atoms with Crippen LogP contribution in [-0.4, -0.2) is 15.3 Å². The van der Waals surface area contributed by atoms with Crippen LogP contribution in [0, 0.1) is 6.92 Å². The zero-order valence-corrected chi connectivity index (χ0v) is 9.57. The van der Waals surface area contributed by atoms with Crippen LogP contribution < -0.4 is 0 Å². The Morgan fingerprint density at radius 3 is 2.73 bits per heavy atom. The van der Waals surface area contributed by atoms with Crippen molar-refractivity contribution in [1.29, 1.82) is 0 Å². The van der Waals surface area contributed by atoms with Crippen LogP contribution in [0.3, 0.4) is 0 Å². The van der Waals surface area contributed by atoms with E-state index in [0.717, 1.165) is 12.3 Å². The van der Waals surface area contributed by atoms with Crippen molar-refractivity contribution in [2.45, 2.75) is 18.4 Å². The van der Waals surface area contributed by atoms with Crippen LogP contribution in [0.4, 0.5) is 0 Å². The van der Waals surface area contributed by atoms with Gasteiger partial charge in [0.2, 0.25) is 0 Å². The van der Waals surface area contributed by atoms with Crippen molar-refractivity contribution in [1.82, 2.24) is 9.55 Å². The normalized spacial score (nSPS) is 10.5. The summed E-state index contributed by atoms with van der Waals surface area (Å²) in [6.07, 6.45) is 5.67. The largest absolute Gasteiger partial charge is 0.337 e. The molecule has 2 aromatic rings. The highest BCUT2D eigenvalue weighted by Crippen LogP contribution is 2.18. The summed E-state index contributed by atoms with van der Waals surface area (Å²) in [5.74, 6) is 1.08. The Morgan fingerprint density at radius 2 is 2.07 bits per heavy atom. The third kappa shape index (κ3) is 3.13. The SMILES string of the molecule is Cc1ccc(SCCn2ccnc2)cc1. The van der Waals surface area contributed by atoms with E-state index in [1.165, 1.54) is 10.5 Å². The van der Waals surface area contributed by atoms with E-state index >= 15 is 0 Å². The van der Waals surface area contributed by atoms with Crippen molar-refractivity contribution in [2.24, 2.45) is 0 Å². The summed E-state index contributed by atoms with van der Waals surface area (Å²) in [6.45, 7) is 3.12. The first-order chi connectivity index (χ1) is 7.34. The molecule has 0 atom stereocenters. The molecule has 0 spiro atoms. The molecular weight excluding hydrogens is 204 g/mol. The summed E-state index contributed by atoms with van der Waals surface area (Å²) in [4.78, 5) is 5.35. The molecule has 2 rings (SSSR count). The van der Waals surface area contributed by atoms with E-state index in [4.69, 9.17) is 0 Å². The van der Waals surface area contributed by atoms with E-state index in [0.29, 0.717) is 0 Å². The maximum atomic E-state index is 4.01. The van der Waals surface area contributed by atoms with Gasteiger partial charge < -0.3 is 4.57 Å². The molecule has 0 fully saturated rings. The van der Waals surface area contributed by atoms with Gasteiger partial charge in [0.05, 0.1) is 6.33 Å². The van der Waals surface area contributed by atoms with Crippen LogP contribution in [0.1, 0.15) is 5.56 Å². The van der Waals surface area contributed by atoms with Gasteiger partial charge in [0.25, 0.3) is 0 Å². The summed E-state index contributed by atoms with van der Waals surface area (Å²) in [6, 6.07) is 8.65. The van der Waals surface area contributed by atoms with E-state index in [2.05, 4.69) is 40.7 Å². The fourth-order valence-corrected chi connectivity index (χ4v) is 2.19. The van der Waals surface area contributed by atoms with Crippen LogP contribution in [0.15, 0.2) is 47.9 Å². The molecule has 0 N–H and O–H groups in total. The smallest absolute Gasteiger partial charge is 0.0946 e. The van der Waals surface area contributed by atoms with Crippen LogP contribution in [0.2, 0.25) is 0 Å². The van der Waals surface area contributed by atoms with Crippen molar-refractivity contribution < 1.29 is 0 Å². The van der Waals surface area contributed by atoms with E-state index in [1.807, 2.05) is 30.5 Å². The van der Waals surface area contributed by atoms with Crippen molar-refractivity contribution in [3.8, 4) is 0 Å². The predicted molar refractivity (Wildman–Crippen MR) is 64.1 cm³/mol. The van der Waals surface area contributed by atoms with Gasteiger partial charge in [0.1, 0.15) is 0 Å². The number of nitrogens with zero attached hydrogens (tertiary/aromatic N) is 2. The summed E-state index contributed by atoms with van der Waals surface area (Å²) in [5.41, 5.74) is 1.31. The maximum absolute atomic E-state index is 4.01. The number of imidazole rings is 1. The molecule has 0 radical (unpaired) electrons. The molecule has 1 aromatic carbocycles. The lowest BCUT2D eigenvalue weighted by Gasteiger charge is -2.02. The van der Waals surface area contributed by atoms with Gasteiger partial charge in [-0.25, -0.2) is 4.98 Å². The Balaban J connectivity index is 1.81. The monoisotopic (exact) mass is 218 g/mol. The Hall–Kier alpha value is -1.22. The molecule has 0 unspecified atom stereocenters. The molecule has 0 aliphatic rings. The maximum Gasteiger partial charge on any atom is 0.0946 e. The highest BCUT2D eigenvalue weighted by atomic mass is 32.2. The lowest BCUT2D eigenvalue weighted by Crippen LogP contribution is -1.96. The number of aromatic nitrogens is 2.